The van der Waals surface area contributed by atoms with E-state index in [0.29, 0.717) is 6.54 Å². The number of aromatic amines is 1. The lowest BCUT2D eigenvalue weighted by molar-refractivity contribution is -0.121. The molecule has 6 N–H and O–H groups in total. The molecular weight excluding hydrogens is 370 g/mol. The molecule has 8 heteroatoms. The van der Waals surface area contributed by atoms with Gasteiger partial charge >= 0.3 is 6.03 Å². The van der Waals surface area contributed by atoms with Gasteiger partial charge in [0.2, 0.25) is 5.91 Å². The van der Waals surface area contributed by atoms with Gasteiger partial charge in [0, 0.05) is 36.1 Å². The molecule has 2 aromatic rings. The lowest BCUT2D eigenvalue weighted by Crippen LogP contribution is -2.33. The number of ketones is 1. The first-order valence-electron chi connectivity index (χ1n) is 9.65. The van der Waals surface area contributed by atoms with Gasteiger partial charge in [0.15, 0.2) is 5.78 Å². The van der Waals surface area contributed by atoms with Crippen LogP contribution in [0.3, 0.4) is 0 Å². The fourth-order valence-corrected chi connectivity index (χ4v) is 2.20. The SMILES string of the molecule is CC.CCCNC(N)=O.CNCC(=O)N/C(=C/c1c[nH]c2ccccc12)C(C)=O. The number of fused-ring (bicyclic) bond motifs is 1. The van der Waals surface area contributed by atoms with E-state index < -0.39 is 6.03 Å². The predicted octanol–water partition coefficient (Wildman–Crippen LogP) is 2.52. The van der Waals surface area contributed by atoms with Gasteiger partial charge in [-0.3, -0.25) is 9.59 Å². The van der Waals surface area contributed by atoms with Crippen LogP contribution in [0.5, 0.6) is 0 Å². The summed E-state index contributed by atoms with van der Waals surface area (Å²) < 4.78 is 0. The van der Waals surface area contributed by atoms with Gasteiger partial charge in [-0.15, -0.1) is 0 Å². The van der Waals surface area contributed by atoms with E-state index in [4.69, 9.17) is 5.73 Å². The summed E-state index contributed by atoms with van der Waals surface area (Å²) in [6.07, 6.45) is 4.44. The maximum Gasteiger partial charge on any atom is 0.312 e. The first-order chi connectivity index (χ1) is 13.9. The molecule has 29 heavy (non-hydrogen) atoms. The highest BCUT2D eigenvalue weighted by molar-refractivity contribution is 6.03. The first-order valence-corrected chi connectivity index (χ1v) is 9.65. The second-order valence-corrected chi connectivity index (χ2v) is 5.77. The number of urea groups is 1. The standard InChI is InChI=1S/C15H17N3O2.C4H10N2O.C2H6/c1-10(19)14(18-15(20)9-16-2)7-11-8-17-13-6-4-3-5-12(11)13;1-2-3-6-4(5)7;1-2/h3-8,16-17H,9H2,1-2H3,(H,18,20);2-3H2,1H3,(H3,5,6,7);1-2H3/b14-7+;;. The molecule has 8 nitrogen and oxygen atoms in total. The number of carbonyl (C=O) groups excluding carboxylic acids is 3. The Morgan fingerprint density at radius 2 is 1.83 bits per heavy atom. The van der Waals surface area contributed by atoms with Crippen molar-refractivity contribution in [3.63, 3.8) is 0 Å². The first kappa shape index (κ1) is 25.9. The second kappa shape index (κ2) is 14.9. The van der Waals surface area contributed by atoms with Gasteiger partial charge in [-0.05, 0) is 25.6 Å². The summed E-state index contributed by atoms with van der Waals surface area (Å²) >= 11 is 0. The third-order valence-corrected chi connectivity index (χ3v) is 3.46. The number of benzene rings is 1. The van der Waals surface area contributed by atoms with Crippen molar-refractivity contribution in [2.24, 2.45) is 5.73 Å². The Morgan fingerprint density at radius 3 is 2.34 bits per heavy atom. The highest BCUT2D eigenvalue weighted by Crippen LogP contribution is 2.19. The molecule has 160 valence electrons. The number of para-hydroxylation sites is 1. The number of hydrogen-bond acceptors (Lipinski definition) is 4. The molecule has 0 radical (unpaired) electrons. The summed E-state index contributed by atoms with van der Waals surface area (Å²) in [5.41, 5.74) is 6.88. The van der Waals surface area contributed by atoms with E-state index in [1.54, 1.807) is 13.1 Å². The Hall–Kier alpha value is -3.13. The Kier molecular flexibility index (Phi) is 13.3. The van der Waals surface area contributed by atoms with Crippen molar-refractivity contribution in [1.29, 1.82) is 0 Å². The lowest BCUT2D eigenvalue weighted by Gasteiger charge is -2.06. The van der Waals surface area contributed by atoms with Crippen molar-refractivity contribution < 1.29 is 14.4 Å². The number of carbonyl (C=O) groups is 3. The molecule has 2 rings (SSSR count). The van der Waals surface area contributed by atoms with Crippen molar-refractivity contribution in [3.05, 3.63) is 41.7 Å². The number of primary amides is 1. The minimum Gasteiger partial charge on any atom is -0.361 e. The number of nitrogens with two attached hydrogens (primary N) is 1. The predicted molar refractivity (Wildman–Crippen MR) is 118 cm³/mol. The number of rotatable bonds is 7. The van der Waals surface area contributed by atoms with E-state index in [9.17, 15) is 14.4 Å². The van der Waals surface area contributed by atoms with Crippen molar-refractivity contribution in [1.82, 2.24) is 20.9 Å². The average molecular weight is 404 g/mol. The number of H-pyrrole nitrogens is 1. The van der Waals surface area contributed by atoms with Crippen LogP contribution in [0.15, 0.2) is 36.2 Å². The largest absolute Gasteiger partial charge is 0.361 e. The number of likely N-dealkylation sites (N-methyl/N-ethyl adjacent to an activating group) is 1. The molecule has 3 amide bonds. The van der Waals surface area contributed by atoms with Crippen LogP contribution in [0.2, 0.25) is 0 Å². The van der Waals surface area contributed by atoms with Gasteiger partial charge in [-0.1, -0.05) is 39.0 Å². The van der Waals surface area contributed by atoms with Crippen molar-refractivity contribution >= 4 is 34.7 Å². The van der Waals surface area contributed by atoms with Crippen molar-refractivity contribution in [3.8, 4) is 0 Å². The van der Waals surface area contributed by atoms with Crippen LogP contribution in [0.4, 0.5) is 4.79 Å². The van der Waals surface area contributed by atoms with Gasteiger partial charge in [-0.25, -0.2) is 4.79 Å². The van der Waals surface area contributed by atoms with Crippen LogP contribution in [0.1, 0.15) is 39.7 Å². The van der Waals surface area contributed by atoms with Crippen molar-refractivity contribution in [2.45, 2.75) is 34.1 Å². The Balaban J connectivity index is 0.000000740. The topological polar surface area (TPSA) is 129 Å². The Morgan fingerprint density at radius 1 is 1.17 bits per heavy atom. The molecule has 0 aliphatic carbocycles. The average Bonchev–Trinajstić information content (AvgIpc) is 3.11. The molecule has 1 aromatic heterocycles. The monoisotopic (exact) mass is 403 g/mol. The van der Waals surface area contributed by atoms with E-state index in [1.807, 2.05) is 51.2 Å². The fourth-order valence-electron chi connectivity index (χ4n) is 2.20. The number of amides is 3. The zero-order valence-corrected chi connectivity index (χ0v) is 17.9. The van der Waals surface area contributed by atoms with E-state index in [1.165, 1.54) is 6.92 Å². The van der Waals surface area contributed by atoms with Crippen LogP contribution in [-0.2, 0) is 9.59 Å². The summed E-state index contributed by atoms with van der Waals surface area (Å²) in [6, 6.07) is 7.35. The summed E-state index contributed by atoms with van der Waals surface area (Å²) in [5.74, 6) is -0.423. The maximum atomic E-state index is 11.6. The van der Waals surface area contributed by atoms with Crippen LogP contribution in [0, 0.1) is 0 Å². The molecule has 0 saturated carbocycles. The minimum atomic E-state index is -0.443. The molecule has 1 aromatic carbocycles. The van der Waals surface area contributed by atoms with Crippen LogP contribution in [0.25, 0.3) is 17.0 Å². The van der Waals surface area contributed by atoms with Crippen LogP contribution < -0.4 is 21.7 Å². The van der Waals surface area contributed by atoms with E-state index in [2.05, 4.69) is 20.9 Å². The van der Waals surface area contributed by atoms with Crippen LogP contribution >= 0.6 is 0 Å². The molecule has 0 saturated heterocycles. The van der Waals surface area contributed by atoms with Gasteiger partial charge in [0.1, 0.15) is 0 Å². The summed E-state index contributed by atoms with van der Waals surface area (Å²) in [7, 11) is 1.68. The quantitative estimate of drug-likeness (QED) is 0.455. The molecule has 0 atom stereocenters. The normalized spacial score (nSPS) is 10.2. The Labute approximate surface area is 172 Å². The number of hydrogen-bond donors (Lipinski definition) is 5. The minimum absolute atomic E-state index is 0.165. The molecule has 0 unspecified atom stereocenters. The third kappa shape index (κ3) is 10.1. The van der Waals surface area contributed by atoms with E-state index in [0.717, 1.165) is 22.9 Å². The smallest absolute Gasteiger partial charge is 0.312 e. The number of Topliss-reactive ketones (excluding diaryl/α,β-unsaturated/α-hetero) is 1. The molecule has 1 heterocycles. The zero-order valence-electron chi connectivity index (χ0n) is 17.9. The maximum absolute atomic E-state index is 11.6. The molecule has 0 aliphatic rings. The zero-order chi connectivity index (χ0) is 22.2. The number of nitrogens with one attached hydrogen (secondary N) is 4. The highest BCUT2D eigenvalue weighted by atomic mass is 16.2. The third-order valence-electron chi connectivity index (χ3n) is 3.46. The lowest BCUT2D eigenvalue weighted by atomic mass is 10.1. The molecular formula is C21H33N5O3. The highest BCUT2D eigenvalue weighted by Gasteiger charge is 2.10. The fraction of sp³-hybridized carbons (Fsp3) is 0.381. The summed E-state index contributed by atoms with van der Waals surface area (Å²) in [6.45, 7) is 8.24. The second-order valence-electron chi connectivity index (χ2n) is 5.77. The van der Waals surface area contributed by atoms with E-state index >= 15 is 0 Å². The molecule has 0 fully saturated rings. The molecule has 0 aliphatic heterocycles. The molecule has 0 bridgehead atoms. The van der Waals surface area contributed by atoms with Gasteiger partial charge in [0.05, 0.1) is 12.2 Å². The van der Waals surface area contributed by atoms with Gasteiger partial charge < -0.3 is 26.7 Å². The number of allylic oxidation sites excluding steroid dienone is 1. The van der Waals surface area contributed by atoms with Gasteiger partial charge in [0.25, 0.3) is 0 Å². The Bertz CT molecular complexity index is 812. The summed E-state index contributed by atoms with van der Waals surface area (Å²) in [4.78, 5) is 36.2. The van der Waals surface area contributed by atoms with Crippen LogP contribution in [-0.4, -0.2) is 42.8 Å². The van der Waals surface area contributed by atoms with E-state index in [-0.39, 0.29) is 23.9 Å². The summed E-state index contributed by atoms with van der Waals surface area (Å²) in [5, 5.41) is 8.80. The number of aromatic nitrogens is 1. The van der Waals surface area contributed by atoms with Crippen molar-refractivity contribution in [2.75, 3.05) is 20.1 Å². The van der Waals surface area contributed by atoms with Gasteiger partial charge in [-0.2, -0.15) is 0 Å². The molecule has 0 spiro atoms.